The van der Waals surface area contributed by atoms with E-state index in [1.807, 2.05) is 70.4 Å². The van der Waals surface area contributed by atoms with E-state index in [2.05, 4.69) is 9.88 Å². The number of benzene rings is 1. The van der Waals surface area contributed by atoms with Gasteiger partial charge in [-0.1, -0.05) is 30.3 Å². The normalized spacial score (nSPS) is 17.3. The minimum absolute atomic E-state index is 0.266. The first-order valence-electron chi connectivity index (χ1n) is 9.89. The van der Waals surface area contributed by atoms with Gasteiger partial charge in [0.2, 0.25) is 0 Å². The summed E-state index contributed by atoms with van der Waals surface area (Å²) in [5.74, 6) is 2.07. The number of amides is 1. The summed E-state index contributed by atoms with van der Waals surface area (Å²) in [6, 6.07) is 12.0. The van der Waals surface area contributed by atoms with Gasteiger partial charge in [0, 0.05) is 38.4 Å². The van der Waals surface area contributed by atoms with Crippen LogP contribution in [0, 0.1) is 5.92 Å². The van der Waals surface area contributed by atoms with Crippen molar-refractivity contribution in [3.63, 3.8) is 0 Å². The molecule has 1 unspecified atom stereocenters. The van der Waals surface area contributed by atoms with Crippen LogP contribution in [0.2, 0.25) is 0 Å². The Bertz CT molecular complexity index is 789. The van der Waals surface area contributed by atoms with Gasteiger partial charge in [0.1, 0.15) is 11.4 Å². The van der Waals surface area contributed by atoms with Gasteiger partial charge in [-0.3, -0.25) is 0 Å². The molecule has 0 spiro atoms. The van der Waals surface area contributed by atoms with E-state index in [0.29, 0.717) is 12.5 Å². The number of hydrogen-bond acceptors (Lipinski definition) is 5. The van der Waals surface area contributed by atoms with Gasteiger partial charge in [-0.05, 0) is 45.6 Å². The monoisotopic (exact) mass is 382 g/mol. The first-order valence-corrected chi connectivity index (χ1v) is 9.89. The van der Waals surface area contributed by atoms with Crippen LogP contribution in [0.4, 0.5) is 10.6 Å². The fourth-order valence-electron chi connectivity index (χ4n) is 3.48. The zero-order valence-electron chi connectivity index (χ0n) is 17.3. The Balaban J connectivity index is 1.64. The second kappa shape index (κ2) is 8.59. The van der Waals surface area contributed by atoms with Crippen LogP contribution in [0.5, 0.6) is 0 Å². The average molecular weight is 383 g/mol. The molecule has 6 nitrogen and oxygen atoms in total. The first-order chi connectivity index (χ1) is 13.3. The lowest BCUT2D eigenvalue weighted by molar-refractivity contribution is 0.0269. The fourth-order valence-corrected chi connectivity index (χ4v) is 3.48. The Morgan fingerprint density at radius 2 is 2.00 bits per heavy atom. The standard InChI is InChI=1S/C22H30N4O2/c1-22(2,3)28-21(27)25(4)15-17-9-8-14-26(16-17)19-12-13-23-20(24-19)18-10-6-5-7-11-18/h5-7,10-13,17H,8-9,14-16H2,1-4H3. The molecule has 1 atom stereocenters. The maximum atomic E-state index is 12.3. The number of ether oxygens (including phenoxy) is 1. The molecule has 1 amide bonds. The number of carbonyl (C=O) groups is 1. The maximum absolute atomic E-state index is 12.3. The summed E-state index contributed by atoms with van der Waals surface area (Å²) in [5, 5.41) is 0. The second-order valence-corrected chi connectivity index (χ2v) is 8.42. The van der Waals surface area contributed by atoms with Gasteiger partial charge in [-0.25, -0.2) is 14.8 Å². The minimum Gasteiger partial charge on any atom is -0.444 e. The van der Waals surface area contributed by atoms with Gasteiger partial charge in [0.25, 0.3) is 0 Å². The third-order valence-electron chi connectivity index (χ3n) is 4.75. The molecule has 150 valence electrons. The van der Waals surface area contributed by atoms with Crippen molar-refractivity contribution in [3.8, 4) is 11.4 Å². The van der Waals surface area contributed by atoms with Gasteiger partial charge >= 0.3 is 6.09 Å². The van der Waals surface area contributed by atoms with Crippen LogP contribution in [0.1, 0.15) is 33.6 Å². The van der Waals surface area contributed by atoms with Crippen LogP contribution < -0.4 is 4.90 Å². The smallest absolute Gasteiger partial charge is 0.410 e. The molecular formula is C22H30N4O2. The van der Waals surface area contributed by atoms with E-state index in [-0.39, 0.29) is 6.09 Å². The molecule has 0 saturated carbocycles. The Hall–Kier alpha value is -2.63. The Morgan fingerprint density at radius 3 is 2.71 bits per heavy atom. The number of anilines is 1. The number of rotatable bonds is 4. The quantitative estimate of drug-likeness (QED) is 0.792. The lowest BCUT2D eigenvalue weighted by atomic mass is 9.97. The molecule has 1 aromatic heterocycles. The minimum atomic E-state index is -0.473. The number of aromatic nitrogens is 2. The summed E-state index contributed by atoms with van der Waals surface area (Å²) in [4.78, 5) is 25.4. The molecule has 1 aliphatic rings. The molecule has 1 aliphatic heterocycles. The summed E-state index contributed by atoms with van der Waals surface area (Å²) < 4.78 is 5.47. The van der Waals surface area contributed by atoms with Crippen molar-refractivity contribution in [1.29, 1.82) is 0 Å². The Kier molecular flexibility index (Phi) is 6.17. The highest BCUT2D eigenvalue weighted by Crippen LogP contribution is 2.24. The van der Waals surface area contributed by atoms with Crippen LogP contribution >= 0.6 is 0 Å². The fraction of sp³-hybridized carbons (Fsp3) is 0.500. The third kappa shape index (κ3) is 5.44. The highest BCUT2D eigenvalue weighted by atomic mass is 16.6. The molecular weight excluding hydrogens is 352 g/mol. The molecule has 6 heteroatoms. The van der Waals surface area contributed by atoms with Crippen LogP contribution in [-0.4, -0.2) is 53.2 Å². The van der Waals surface area contributed by atoms with Gasteiger partial charge in [-0.15, -0.1) is 0 Å². The second-order valence-electron chi connectivity index (χ2n) is 8.42. The molecule has 3 rings (SSSR count). The molecule has 2 heterocycles. The molecule has 1 fully saturated rings. The predicted molar refractivity (Wildman–Crippen MR) is 111 cm³/mol. The molecule has 0 aliphatic carbocycles. The van der Waals surface area contributed by atoms with Crippen LogP contribution in [0.15, 0.2) is 42.6 Å². The Morgan fingerprint density at radius 1 is 1.25 bits per heavy atom. The highest BCUT2D eigenvalue weighted by molar-refractivity contribution is 5.67. The van der Waals surface area contributed by atoms with E-state index >= 15 is 0 Å². The summed E-state index contributed by atoms with van der Waals surface area (Å²) >= 11 is 0. The molecule has 1 saturated heterocycles. The highest BCUT2D eigenvalue weighted by Gasteiger charge is 2.26. The van der Waals surface area contributed by atoms with Crippen molar-refractivity contribution >= 4 is 11.9 Å². The van der Waals surface area contributed by atoms with E-state index in [1.165, 1.54) is 0 Å². The van der Waals surface area contributed by atoms with Gasteiger partial charge in [-0.2, -0.15) is 0 Å². The van der Waals surface area contributed by atoms with E-state index < -0.39 is 5.60 Å². The van der Waals surface area contributed by atoms with Gasteiger partial charge in [0.05, 0.1) is 0 Å². The van der Waals surface area contributed by atoms with Crippen molar-refractivity contribution in [1.82, 2.24) is 14.9 Å². The van der Waals surface area contributed by atoms with Crippen LogP contribution in [0.25, 0.3) is 11.4 Å². The topological polar surface area (TPSA) is 58.6 Å². The van der Waals surface area contributed by atoms with Crippen LogP contribution in [-0.2, 0) is 4.74 Å². The van der Waals surface area contributed by atoms with Gasteiger partial charge < -0.3 is 14.5 Å². The number of piperidine rings is 1. The van der Waals surface area contributed by atoms with E-state index in [1.54, 1.807) is 4.90 Å². The third-order valence-corrected chi connectivity index (χ3v) is 4.75. The summed E-state index contributed by atoms with van der Waals surface area (Å²) in [6.07, 6.45) is 3.73. The average Bonchev–Trinajstić information content (AvgIpc) is 2.68. The first kappa shape index (κ1) is 20.1. The SMILES string of the molecule is CN(CC1CCCN(c2ccnc(-c3ccccc3)n2)C1)C(=O)OC(C)(C)C. The molecule has 1 aromatic carbocycles. The molecule has 0 N–H and O–H groups in total. The molecule has 28 heavy (non-hydrogen) atoms. The van der Waals surface area contributed by atoms with Crippen molar-refractivity contribution in [2.75, 3.05) is 31.6 Å². The number of carbonyl (C=O) groups excluding carboxylic acids is 1. The van der Waals surface area contributed by atoms with Gasteiger partial charge in [0.15, 0.2) is 5.82 Å². The van der Waals surface area contributed by atoms with E-state index in [0.717, 1.165) is 43.1 Å². The number of hydrogen-bond donors (Lipinski definition) is 0. The summed E-state index contributed by atoms with van der Waals surface area (Å²) in [7, 11) is 1.81. The zero-order chi connectivity index (χ0) is 20.1. The molecule has 2 aromatic rings. The van der Waals surface area contributed by atoms with Crippen LogP contribution in [0.3, 0.4) is 0 Å². The lowest BCUT2D eigenvalue weighted by Gasteiger charge is -2.35. The predicted octanol–water partition coefficient (Wildman–Crippen LogP) is 4.23. The Labute approximate surface area is 167 Å². The summed E-state index contributed by atoms with van der Waals surface area (Å²) in [6.45, 7) is 8.19. The number of nitrogens with zero attached hydrogens (tertiary/aromatic N) is 4. The summed E-state index contributed by atoms with van der Waals surface area (Å²) in [5.41, 5.74) is 0.543. The molecule has 0 radical (unpaired) electrons. The zero-order valence-corrected chi connectivity index (χ0v) is 17.3. The largest absolute Gasteiger partial charge is 0.444 e. The maximum Gasteiger partial charge on any atom is 0.410 e. The van der Waals surface area contributed by atoms with Crippen molar-refractivity contribution in [2.45, 2.75) is 39.2 Å². The van der Waals surface area contributed by atoms with Crippen molar-refractivity contribution < 1.29 is 9.53 Å². The molecule has 0 bridgehead atoms. The van der Waals surface area contributed by atoms with Crippen molar-refractivity contribution in [2.24, 2.45) is 5.92 Å². The van der Waals surface area contributed by atoms with E-state index in [4.69, 9.17) is 9.72 Å². The lowest BCUT2D eigenvalue weighted by Crippen LogP contribution is -2.43. The van der Waals surface area contributed by atoms with Crippen molar-refractivity contribution in [3.05, 3.63) is 42.6 Å². The van der Waals surface area contributed by atoms with E-state index in [9.17, 15) is 4.79 Å².